The van der Waals surface area contributed by atoms with Gasteiger partial charge in [0.05, 0.1) is 16.6 Å². The number of anilines is 1. The number of Topliss-reactive ketones (excluding diaryl/α,β-unsaturated/α-hetero) is 1. The number of hydrogen-bond acceptors (Lipinski definition) is 4. The van der Waals surface area contributed by atoms with Crippen LogP contribution in [0.1, 0.15) is 16.8 Å². The van der Waals surface area contributed by atoms with Gasteiger partial charge in [0.1, 0.15) is 0 Å². The second-order valence-corrected chi connectivity index (χ2v) is 7.22. The molecule has 7 heteroatoms. The van der Waals surface area contributed by atoms with Crippen molar-refractivity contribution in [3.05, 3.63) is 63.6 Å². The molecule has 1 atom stereocenters. The van der Waals surface area contributed by atoms with Gasteiger partial charge < -0.3 is 9.64 Å². The van der Waals surface area contributed by atoms with Crippen molar-refractivity contribution in [1.29, 1.82) is 0 Å². The minimum Gasteiger partial charge on any atom is -0.457 e. The molecule has 0 radical (unpaired) electrons. The number of para-hydroxylation sites is 1. The van der Waals surface area contributed by atoms with Crippen molar-refractivity contribution in [3.8, 4) is 0 Å². The van der Waals surface area contributed by atoms with E-state index in [1.807, 2.05) is 0 Å². The average molecular weight is 437 g/mol. The van der Waals surface area contributed by atoms with Gasteiger partial charge in [0.2, 0.25) is 5.91 Å². The van der Waals surface area contributed by atoms with Gasteiger partial charge in [0.15, 0.2) is 12.4 Å². The van der Waals surface area contributed by atoms with E-state index in [0.29, 0.717) is 16.3 Å². The van der Waals surface area contributed by atoms with Crippen molar-refractivity contribution in [2.24, 2.45) is 5.92 Å². The quantitative estimate of drug-likeness (QED) is 0.527. The molecule has 0 aromatic heterocycles. The Bertz CT molecular complexity index is 853. The maximum atomic E-state index is 12.2. The lowest BCUT2D eigenvalue weighted by Crippen LogP contribution is -2.27. The first-order valence-corrected chi connectivity index (χ1v) is 9.13. The maximum absolute atomic E-state index is 12.2. The Morgan fingerprint density at radius 3 is 2.54 bits per heavy atom. The minimum atomic E-state index is -0.614. The van der Waals surface area contributed by atoms with Crippen molar-refractivity contribution in [2.45, 2.75) is 6.42 Å². The van der Waals surface area contributed by atoms with Crippen LogP contribution in [-0.2, 0) is 14.3 Å². The minimum absolute atomic E-state index is 0.0382. The van der Waals surface area contributed by atoms with Crippen molar-refractivity contribution < 1.29 is 19.1 Å². The Kier molecular flexibility index (Phi) is 5.74. The van der Waals surface area contributed by atoms with E-state index in [1.54, 1.807) is 48.5 Å². The van der Waals surface area contributed by atoms with Crippen LogP contribution in [0.2, 0.25) is 5.02 Å². The van der Waals surface area contributed by atoms with Crippen LogP contribution in [0.5, 0.6) is 0 Å². The zero-order chi connectivity index (χ0) is 18.7. The van der Waals surface area contributed by atoms with Gasteiger partial charge in [-0.15, -0.1) is 0 Å². The number of ketones is 1. The number of ether oxygens (including phenoxy) is 1. The molecule has 0 bridgehead atoms. The summed E-state index contributed by atoms with van der Waals surface area (Å²) < 4.78 is 5.98. The average Bonchev–Trinajstić information content (AvgIpc) is 3.02. The largest absolute Gasteiger partial charge is 0.457 e. The summed E-state index contributed by atoms with van der Waals surface area (Å²) in [6.45, 7) is -0.162. The summed E-state index contributed by atoms with van der Waals surface area (Å²) in [5, 5.41) is 0.445. The summed E-state index contributed by atoms with van der Waals surface area (Å²) in [4.78, 5) is 38.0. The molecule has 26 heavy (non-hydrogen) atoms. The summed E-state index contributed by atoms with van der Waals surface area (Å²) in [5.74, 6) is -1.66. The van der Waals surface area contributed by atoms with Crippen molar-refractivity contribution in [2.75, 3.05) is 18.1 Å². The third-order valence-electron chi connectivity index (χ3n) is 4.11. The molecule has 3 rings (SSSR count). The second kappa shape index (κ2) is 8.01. The van der Waals surface area contributed by atoms with Crippen LogP contribution in [0.4, 0.5) is 5.69 Å². The van der Waals surface area contributed by atoms with Gasteiger partial charge in [0, 0.05) is 23.0 Å². The summed E-state index contributed by atoms with van der Waals surface area (Å²) in [7, 11) is 0. The zero-order valence-corrected chi connectivity index (χ0v) is 16.0. The van der Waals surface area contributed by atoms with Gasteiger partial charge in [-0.1, -0.05) is 51.8 Å². The number of carbonyl (C=O) groups excluding carboxylic acids is 3. The first kappa shape index (κ1) is 18.6. The third kappa shape index (κ3) is 4.14. The van der Waals surface area contributed by atoms with Crippen LogP contribution in [0.3, 0.4) is 0 Å². The Hall–Kier alpha value is -2.18. The molecule has 134 valence electrons. The fourth-order valence-corrected chi connectivity index (χ4v) is 3.24. The van der Waals surface area contributed by atoms with E-state index in [2.05, 4.69) is 15.9 Å². The number of nitrogens with zero attached hydrogens (tertiary/aromatic N) is 1. The van der Waals surface area contributed by atoms with E-state index in [0.717, 1.165) is 4.47 Å². The fourth-order valence-electron chi connectivity index (χ4n) is 2.74. The molecule has 0 N–H and O–H groups in total. The molecule has 1 heterocycles. The highest BCUT2D eigenvalue weighted by molar-refractivity contribution is 9.10. The van der Waals surface area contributed by atoms with Gasteiger partial charge in [-0.2, -0.15) is 0 Å². The van der Waals surface area contributed by atoms with Crippen LogP contribution < -0.4 is 4.90 Å². The zero-order valence-electron chi connectivity index (χ0n) is 13.7. The predicted molar refractivity (Wildman–Crippen MR) is 101 cm³/mol. The molecule has 1 aliphatic rings. The van der Waals surface area contributed by atoms with Crippen molar-refractivity contribution >= 4 is 50.9 Å². The highest BCUT2D eigenvalue weighted by atomic mass is 79.9. The monoisotopic (exact) mass is 435 g/mol. The van der Waals surface area contributed by atoms with Crippen LogP contribution in [0.15, 0.2) is 53.0 Å². The molecule has 0 spiro atoms. The highest BCUT2D eigenvalue weighted by Gasteiger charge is 2.37. The molecular formula is C19H15BrClNO4. The lowest BCUT2D eigenvalue weighted by atomic mass is 10.1. The topological polar surface area (TPSA) is 63.7 Å². The van der Waals surface area contributed by atoms with Crippen molar-refractivity contribution in [3.63, 3.8) is 0 Å². The first-order chi connectivity index (χ1) is 12.5. The van der Waals surface area contributed by atoms with E-state index in [9.17, 15) is 14.4 Å². The molecule has 1 aliphatic heterocycles. The van der Waals surface area contributed by atoms with Gasteiger partial charge in [-0.3, -0.25) is 14.4 Å². The SMILES string of the molecule is O=C(COC(=O)[C@@H]1CC(=O)N(c2ccccc2Cl)C1)c1ccc(Br)cc1. The lowest BCUT2D eigenvalue weighted by molar-refractivity contribution is -0.147. The molecule has 1 saturated heterocycles. The van der Waals surface area contributed by atoms with E-state index >= 15 is 0 Å². The Balaban J connectivity index is 1.59. The number of amides is 1. The number of carbonyl (C=O) groups is 3. The van der Waals surface area contributed by atoms with E-state index in [4.69, 9.17) is 16.3 Å². The summed E-state index contributed by atoms with van der Waals surface area (Å²) in [6.07, 6.45) is 0.0382. The van der Waals surface area contributed by atoms with E-state index < -0.39 is 11.9 Å². The summed E-state index contributed by atoms with van der Waals surface area (Å²) in [5.41, 5.74) is 1.03. The highest BCUT2D eigenvalue weighted by Crippen LogP contribution is 2.31. The summed E-state index contributed by atoms with van der Waals surface area (Å²) in [6, 6.07) is 13.7. The van der Waals surface area contributed by atoms with Crippen LogP contribution in [-0.4, -0.2) is 30.8 Å². The van der Waals surface area contributed by atoms with Crippen molar-refractivity contribution in [1.82, 2.24) is 0 Å². The second-order valence-electron chi connectivity index (χ2n) is 5.89. The molecule has 0 aliphatic carbocycles. The standard InChI is InChI=1S/C19H15BrClNO4/c20-14-7-5-12(6-8-14)17(23)11-26-19(25)13-9-18(24)22(10-13)16-4-2-1-3-15(16)21/h1-8,13H,9-11H2/t13-/m1/s1. The van der Waals surface area contributed by atoms with E-state index in [1.165, 1.54) is 4.90 Å². The van der Waals surface area contributed by atoms with Gasteiger partial charge in [0.25, 0.3) is 0 Å². The Morgan fingerprint density at radius 1 is 1.15 bits per heavy atom. The predicted octanol–water partition coefficient (Wildman–Crippen LogP) is 3.88. The molecular weight excluding hydrogens is 422 g/mol. The van der Waals surface area contributed by atoms with Crippen LogP contribution in [0, 0.1) is 5.92 Å². The maximum Gasteiger partial charge on any atom is 0.311 e. The third-order valence-corrected chi connectivity index (χ3v) is 4.96. The molecule has 0 saturated carbocycles. The first-order valence-electron chi connectivity index (χ1n) is 7.96. The lowest BCUT2D eigenvalue weighted by Gasteiger charge is -2.17. The smallest absolute Gasteiger partial charge is 0.311 e. The molecule has 1 amide bonds. The fraction of sp³-hybridized carbons (Fsp3) is 0.211. The Labute approximate surface area is 164 Å². The molecule has 2 aromatic rings. The summed E-state index contributed by atoms with van der Waals surface area (Å²) >= 11 is 9.41. The normalized spacial score (nSPS) is 16.6. The molecule has 0 unspecified atom stereocenters. The molecule has 5 nitrogen and oxygen atoms in total. The number of rotatable bonds is 5. The van der Waals surface area contributed by atoms with Crippen LogP contribution >= 0.6 is 27.5 Å². The van der Waals surface area contributed by atoms with Gasteiger partial charge in [-0.25, -0.2) is 0 Å². The number of esters is 1. The van der Waals surface area contributed by atoms with Gasteiger partial charge >= 0.3 is 5.97 Å². The number of benzene rings is 2. The van der Waals surface area contributed by atoms with Crippen LogP contribution in [0.25, 0.3) is 0 Å². The number of hydrogen-bond donors (Lipinski definition) is 0. The molecule has 1 fully saturated rings. The molecule has 2 aromatic carbocycles. The Morgan fingerprint density at radius 2 is 1.85 bits per heavy atom. The van der Waals surface area contributed by atoms with E-state index in [-0.39, 0.29) is 31.3 Å². The van der Waals surface area contributed by atoms with Gasteiger partial charge in [-0.05, 0) is 24.3 Å². The number of halogens is 2.